The SMILES string of the molecule is COc1cc(C(=O)NCC(=O)Nc2ccc(C)c(NS(C)(=O)=O)c2)cc(OC)c1OC. The quantitative estimate of drug-likeness (QED) is 0.529. The molecule has 0 heterocycles. The van der Waals surface area contributed by atoms with Crippen molar-refractivity contribution in [1.29, 1.82) is 0 Å². The van der Waals surface area contributed by atoms with Gasteiger partial charge in [0.1, 0.15) is 0 Å². The number of hydrogen-bond donors (Lipinski definition) is 3. The second-order valence-corrected chi connectivity index (χ2v) is 8.30. The Morgan fingerprint density at radius 1 is 0.968 bits per heavy atom. The van der Waals surface area contributed by atoms with Crippen LogP contribution in [-0.4, -0.2) is 54.4 Å². The summed E-state index contributed by atoms with van der Waals surface area (Å²) in [7, 11) is 0.851. The van der Waals surface area contributed by atoms with E-state index in [1.165, 1.54) is 39.5 Å². The van der Waals surface area contributed by atoms with Crippen molar-refractivity contribution in [3.8, 4) is 17.2 Å². The molecule has 0 aliphatic heterocycles. The first-order valence-electron chi connectivity index (χ1n) is 9.04. The number of methoxy groups -OCH3 is 3. The third-order valence-electron chi connectivity index (χ3n) is 4.15. The lowest BCUT2D eigenvalue weighted by Crippen LogP contribution is -2.32. The Balaban J connectivity index is 2.06. The zero-order valence-electron chi connectivity index (χ0n) is 17.9. The number of sulfonamides is 1. The number of benzene rings is 2. The molecule has 0 aliphatic carbocycles. The summed E-state index contributed by atoms with van der Waals surface area (Å²) < 4.78 is 41.0. The van der Waals surface area contributed by atoms with E-state index in [4.69, 9.17) is 14.2 Å². The van der Waals surface area contributed by atoms with E-state index in [-0.39, 0.29) is 12.1 Å². The lowest BCUT2D eigenvalue weighted by atomic mass is 10.1. The van der Waals surface area contributed by atoms with Gasteiger partial charge in [0.2, 0.25) is 21.7 Å². The molecule has 168 valence electrons. The van der Waals surface area contributed by atoms with Gasteiger partial charge in [0.25, 0.3) is 5.91 Å². The fourth-order valence-electron chi connectivity index (χ4n) is 2.69. The molecule has 0 fully saturated rings. The molecule has 0 saturated carbocycles. The zero-order valence-corrected chi connectivity index (χ0v) is 18.7. The molecule has 31 heavy (non-hydrogen) atoms. The van der Waals surface area contributed by atoms with Crippen LogP contribution in [0.25, 0.3) is 0 Å². The maximum atomic E-state index is 12.5. The monoisotopic (exact) mass is 451 g/mol. The van der Waals surface area contributed by atoms with Crippen LogP contribution in [0.3, 0.4) is 0 Å². The van der Waals surface area contributed by atoms with Crippen molar-refractivity contribution < 1.29 is 32.2 Å². The molecule has 0 unspecified atom stereocenters. The summed E-state index contributed by atoms with van der Waals surface area (Å²) in [6.07, 6.45) is 1.04. The highest BCUT2D eigenvalue weighted by atomic mass is 32.2. The minimum atomic E-state index is -3.46. The number of hydrogen-bond acceptors (Lipinski definition) is 7. The fraction of sp³-hybridized carbons (Fsp3) is 0.300. The lowest BCUT2D eigenvalue weighted by molar-refractivity contribution is -0.115. The molecule has 0 aromatic heterocycles. The third kappa shape index (κ3) is 6.51. The van der Waals surface area contributed by atoms with Crippen LogP contribution in [0.15, 0.2) is 30.3 Å². The number of nitrogens with one attached hydrogen (secondary N) is 3. The van der Waals surface area contributed by atoms with Gasteiger partial charge >= 0.3 is 0 Å². The molecule has 0 radical (unpaired) electrons. The molecule has 2 amide bonds. The molecule has 2 rings (SSSR count). The Morgan fingerprint density at radius 2 is 1.58 bits per heavy atom. The summed E-state index contributed by atoms with van der Waals surface area (Å²) in [5, 5.41) is 5.12. The summed E-state index contributed by atoms with van der Waals surface area (Å²) in [6.45, 7) is 1.43. The van der Waals surface area contributed by atoms with E-state index >= 15 is 0 Å². The van der Waals surface area contributed by atoms with Crippen LogP contribution < -0.4 is 29.6 Å². The first-order chi connectivity index (χ1) is 14.6. The number of amides is 2. The summed E-state index contributed by atoms with van der Waals surface area (Å²) in [5.41, 5.74) is 1.64. The summed E-state index contributed by atoms with van der Waals surface area (Å²) >= 11 is 0. The van der Waals surface area contributed by atoms with Crippen LogP contribution in [-0.2, 0) is 14.8 Å². The molecule has 3 N–H and O–H groups in total. The van der Waals surface area contributed by atoms with E-state index in [1.54, 1.807) is 19.1 Å². The van der Waals surface area contributed by atoms with E-state index in [0.29, 0.717) is 34.2 Å². The number of rotatable bonds is 9. The van der Waals surface area contributed by atoms with Crippen LogP contribution in [0.5, 0.6) is 17.2 Å². The van der Waals surface area contributed by atoms with Crippen LogP contribution >= 0.6 is 0 Å². The Bertz CT molecular complexity index is 1060. The van der Waals surface area contributed by atoms with Crippen molar-refractivity contribution in [2.24, 2.45) is 0 Å². The van der Waals surface area contributed by atoms with E-state index < -0.39 is 21.8 Å². The summed E-state index contributed by atoms with van der Waals surface area (Å²) in [5.74, 6) is -0.0473. The molecular weight excluding hydrogens is 426 g/mol. The Labute approximate surface area is 180 Å². The van der Waals surface area contributed by atoms with Gasteiger partial charge in [-0.2, -0.15) is 0 Å². The lowest BCUT2D eigenvalue weighted by Gasteiger charge is -2.14. The summed E-state index contributed by atoms with van der Waals surface area (Å²) in [6, 6.07) is 7.73. The topological polar surface area (TPSA) is 132 Å². The first kappa shape index (κ1) is 23.8. The van der Waals surface area contributed by atoms with Gasteiger partial charge in [0.05, 0.1) is 39.8 Å². The van der Waals surface area contributed by atoms with Gasteiger partial charge in [0, 0.05) is 11.3 Å². The van der Waals surface area contributed by atoms with Crippen LogP contribution in [0.2, 0.25) is 0 Å². The fourth-order valence-corrected chi connectivity index (χ4v) is 3.31. The second-order valence-electron chi connectivity index (χ2n) is 6.55. The molecule has 0 bridgehead atoms. The smallest absolute Gasteiger partial charge is 0.251 e. The molecule has 0 atom stereocenters. The van der Waals surface area contributed by atoms with Gasteiger partial charge in [-0.25, -0.2) is 8.42 Å². The van der Waals surface area contributed by atoms with Gasteiger partial charge in [-0.15, -0.1) is 0 Å². The number of anilines is 2. The number of ether oxygens (including phenoxy) is 3. The maximum Gasteiger partial charge on any atom is 0.251 e. The van der Waals surface area contributed by atoms with Crippen LogP contribution in [0, 0.1) is 6.92 Å². The highest BCUT2D eigenvalue weighted by Gasteiger charge is 2.17. The molecule has 0 aliphatic rings. The maximum absolute atomic E-state index is 12.5. The zero-order chi connectivity index (χ0) is 23.2. The average molecular weight is 452 g/mol. The van der Waals surface area contributed by atoms with E-state index in [9.17, 15) is 18.0 Å². The van der Waals surface area contributed by atoms with E-state index in [2.05, 4.69) is 15.4 Å². The van der Waals surface area contributed by atoms with Crippen molar-refractivity contribution in [3.63, 3.8) is 0 Å². The molecule has 10 nitrogen and oxygen atoms in total. The molecule has 0 spiro atoms. The van der Waals surface area contributed by atoms with Crippen molar-refractivity contribution in [2.45, 2.75) is 6.92 Å². The highest BCUT2D eigenvalue weighted by molar-refractivity contribution is 7.92. The van der Waals surface area contributed by atoms with Gasteiger partial charge in [-0.1, -0.05) is 6.07 Å². The van der Waals surface area contributed by atoms with E-state index in [0.717, 1.165) is 6.26 Å². The molecule has 2 aromatic rings. The minimum Gasteiger partial charge on any atom is -0.493 e. The number of carbonyl (C=O) groups excluding carboxylic acids is 2. The number of aryl methyl sites for hydroxylation is 1. The predicted octanol–water partition coefficient (Wildman–Crippen LogP) is 1.76. The molecule has 2 aromatic carbocycles. The van der Waals surface area contributed by atoms with E-state index in [1.807, 2.05) is 0 Å². The van der Waals surface area contributed by atoms with Crippen molar-refractivity contribution in [2.75, 3.05) is 44.2 Å². The van der Waals surface area contributed by atoms with Gasteiger partial charge in [-0.05, 0) is 36.8 Å². The van der Waals surface area contributed by atoms with Crippen molar-refractivity contribution >= 4 is 33.2 Å². The molecule has 0 saturated heterocycles. The largest absolute Gasteiger partial charge is 0.493 e. The normalized spacial score (nSPS) is 10.7. The standard InChI is InChI=1S/C20H25N3O7S/c1-12-6-7-14(10-15(12)23-31(5,26)27)22-18(24)11-21-20(25)13-8-16(28-2)19(30-4)17(9-13)29-3/h6-10,23H,11H2,1-5H3,(H,21,25)(H,22,24). The second kappa shape index (κ2) is 10.0. The molecular formula is C20H25N3O7S. The average Bonchev–Trinajstić information content (AvgIpc) is 2.72. The Morgan fingerprint density at radius 3 is 2.10 bits per heavy atom. The van der Waals surface area contributed by atoms with Crippen LogP contribution in [0.4, 0.5) is 11.4 Å². The third-order valence-corrected chi connectivity index (χ3v) is 4.74. The Kier molecular flexibility index (Phi) is 7.70. The minimum absolute atomic E-state index is 0.220. The van der Waals surface area contributed by atoms with Gasteiger partial charge < -0.3 is 24.8 Å². The van der Waals surface area contributed by atoms with Crippen molar-refractivity contribution in [1.82, 2.24) is 5.32 Å². The van der Waals surface area contributed by atoms with Crippen LogP contribution in [0.1, 0.15) is 15.9 Å². The van der Waals surface area contributed by atoms with Crippen molar-refractivity contribution in [3.05, 3.63) is 41.5 Å². The molecule has 11 heteroatoms. The van der Waals surface area contributed by atoms with Gasteiger partial charge in [-0.3, -0.25) is 14.3 Å². The Hall–Kier alpha value is -3.47. The summed E-state index contributed by atoms with van der Waals surface area (Å²) in [4.78, 5) is 24.7. The van der Waals surface area contributed by atoms with Gasteiger partial charge in [0.15, 0.2) is 11.5 Å². The highest BCUT2D eigenvalue weighted by Crippen LogP contribution is 2.38. The number of carbonyl (C=O) groups is 2. The predicted molar refractivity (Wildman–Crippen MR) is 117 cm³/mol. The first-order valence-corrected chi connectivity index (χ1v) is 10.9.